The van der Waals surface area contributed by atoms with Crippen molar-refractivity contribution in [3.63, 3.8) is 0 Å². The number of anilines is 1. The van der Waals surface area contributed by atoms with Crippen molar-refractivity contribution in [1.29, 1.82) is 0 Å². The fourth-order valence-electron chi connectivity index (χ4n) is 2.77. The highest BCUT2D eigenvalue weighted by atomic mass is 16.5. The quantitative estimate of drug-likeness (QED) is 0.540. The van der Waals surface area contributed by atoms with Crippen LogP contribution in [0.3, 0.4) is 0 Å². The molecule has 0 unspecified atom stereocenters. The number of carbonyl (C=O) groups excluding carboxylic acids is 1. The molecule has 4 aromatic rings. The van der Waals surface area contributed by atoms with Gasteiger partial charge in [-0.25, -0.2) is 9.67 Å². The molecule has 0 aliphatic heterocycles. The van der Waals surface area contributed by atoms with Gasteiger partial charge in [-0.3, -0.25) is 4.79 Å². The number of amides is 1. The first-order valence-electron chi connectivity index (χ1n) is 9.02. The number of ether oxygens (including phenoxy) is 1. The number of aromatic nitrogens is 4. The Balaban J connectivity index is 1.36. The number of pyridine rings is 1. The summed E-state index contributed by atoms with van der Waals surface area (Å²) in [6.45, 7) is 4.09. The summed E-state index contributed by atoms with van der Waals surface area (Å²) in [7, 11) is 0. The normalized spacial score (nSPS) is 10.7. The lowest BCUT2D eigenvalue weighted by Crippen LogP contribution is -2.12. The van der Waals surface area contributed by atoms with Crippen LogP contribution in [0.4, 0.5) is 5.69 Å². The molecule has 0 saturated carbocycles. The van der Waals surface area contributed by atoms with Crippen LogP contribution in [-0.4, -0.2) is 25.8 Å². The fourth-order valence-corrected chi connectivity index (χ4v) is 2.77. The summed E-state index contributed by atoms with van der Waals surface area (Å²) in [6, 6.07) is 12.3. The van der Waals surface area contributed by atoms with Crippen LogP contribution in [0.15, 0.2) is 65.6 Å². The molecule has 3 heterocycles. The lowest BCUT2D eigenvalue weighted by atomic mass is 10.2. The summed E-state index contributed by atoms with van der Waals surface area (Å²) >= 11 is 0. The van der Waals surface area contributed by atoms with Crippen LogP contribution in [0.1, 0.15) is 27.4 Å². The summed E-state index contributed by atoms with van der Waals surface area (Å²) in [5, 5.41) is 10.9. The number of hydrogen-bond acceptors (Lipinski definition) is 6. The molecule has 1 aromatic carbocycles. The highest BCUT2D eigenvalue weighted by Crippen LogP contribution is 2.18. The Labute approximate surface area is 167 Å². The van der Waals surface area contributed by atoms with Gasteiger partial charge in [0.05, 0.1) is 23.1 Å². The Morgan fingerprint density at radius 3 is 2.62 bits per heavy atom. The minimum Gasteiger partial charge on any atom is -0.489 e. The molecule has 0 bridgehead atoms. The first kappa shape index (κ1) is 18.4. The van der Waals surface area contributed by atoms with Crippen molar-refractivity contribution in [3.05, 3.63) is 83.6 Å². The second-order valence-electron chi connectivity index (χ2n) is 6.43. The topological polar surface area (TPSA) is 95.1 Å². The largest absolute Gasteiger partial charge is 0.489 e. The molecular weight excluding hydrogens is 370 g/mol. The molecule has 0 aliphatic carbocycles. The molecule has 0 aliphatic rings. The van der Waals surface area contributed by atoms with Crippen LogP contribution in [0.2, 0.25) is 0 Å². The second kappa shape index (κ2) is 7.97. The first-order valence-corrected chi connectivity index (χ1v) is 9.02. The number of hydrogen-bond donors (Lipinski definition) is 1. The van der Waals surface area contributed by atoms with E-state index in [1.54, 1.807) is 59.7 Å². The Morgan fingerprint density at radius 2 is 2.00 bits per heavy atom. The standard InChI is InChI=1S/C21H19N5O3/c1-14-19(15(2)29-25-14)13-28-18-7-4-16(5-8-18)21(27)24-17-6-9-20(22-12-17)26-11-3-10-23-26/h3-12H,13H2,1-2H3,(H,24,27). The molecule has 8 heteroatoms. The minimum absolute atomic E-state index is 0.226. The molecule has 0 spiro atoms. The van der Waals surface area contributed by atoms with Gasteiger partial charge in [-0.1, -0.05) is 5.16 Å². The van der Waals surface area contributed by atoms with E-state index < -0.39 is 0 Å². The minimum atomic E-state index is -0.226. The van der Waals surface area contributed by atoms with Crippen molar-refractivity contribution in [2.24, 2.45) is 0 Å². The van der Waals surface area contributed by atoms with Gasteiger partial charge in [-0.05, 0) is 56.3 Å². The van der Waals surface area contributed by atoms with Gasteiger partial charge in [-0.2, -0.15) is 5.10 Å². The third kappa shape index (κ3) is 4.16. The SMILES string of the molecule is Cc1noc(C)c1COc1ccc(C(=O)Nc2ccc(-n3cccn3)nc2)cc1. The fraction of sp³-hybridized carbons (Fsp3) is 0.143. The Morgan fingerprint density at radius 1 is 1.17 bits per heavy atom. The van der Waals surface area contributed by atoms with E-state index in [4.69, 9.17) is 9.26 Å². The van der Waals surface area contributed by atoms with E-state index in [0.29, 0.717) is 29.4 Å². The van der Waals surface area contributed by atoms with Crippen molar-refractivity contribution < 1.29 is 14.1 Å². The predicted molar refractivity (Wildman–Crippen MR) is 106 cm³/mol. The molecule has 1 N–H and O–H groups in total. The van der Waals surface area contributed by atoms with E-state index >= 15 is 0 Å². The molecule has 8 nitrogen and oxygen atoms in total. The maximum absolute atomic E-state index is 12.5. The smallest absolute Gasteiger partial charge is 0.255 e. The van der Waals surface area contributed by atoms with Crippen LogP contribution in [-0.2, 0) is 6.61 Å². The molecular formula is C21H19N5O3. The van der Waals surface area contributed by atoms with E-state index in [-0.39, 0.29) is 5.91 Å². The highest BCUT2D eigenvalue weighted by Gasteiger charge is 2.11. The average molecular weight is 389 g/mol. The van der Waals surface area contributed by atoms with E-state index in [1.807, 2.05) is 19.9 Å². The number of benzene rings is 1. The molecule has 0 fully saturated rings. The third-order valence-electron chi connectivity index (χ3n) is 4.43. The molecule has 0 saturated heterocycles. The van der Waals surface area contributed by atoms with Crippen molar-refractivity contribution in [2.75, 3.05) is 5.32 Å². The van der Waals surface area contributed by atoms with Crippen LogP contribution in [0.5, 0.6) is 5.75 Å². The van der Waals surface area contributed by atoms with E-state index in [9.17, 15) is 4.79 Å². The first-order chi connectivity index (χ1) is 14.1. The van der Waals surface area contributed by atoms with Crippen LogP contribution < -0.4 is 10.1 Å². The van der Waals surface area contributed by atoms with Gasteiger partial charge in [0.2, 0.25) is 0 Å². The van der Waals surface area contributed by atoms with Gasteiger partial charge in [0.1, 0.15) is 18.1 Å². The number of rotatable bonds is 6. The summed E-state index contributed by atoms with van der Waals surface area (Å²) in [5.74, 6) is 1.85. The van der Waals surface area contributed by atoms with Gasteiger partial charge in [-0.15, -0.1) is 0 Å². The van der Waals surface area contributed by atoms with Crippen molar-refractivity contribution in [2.45, 2.75) is 20.5 Å². The van der Waals surface area contributed by atoms with Gasteiger partial charge in [0.15, 0.2) is 5.82 Å². The van der Waals surface area contributed by atoms with Gasteiger partial charge in [0, 0.05) is 18.0 Å². The van der Waals surface area contributed by atoms with E-state index in [2.05, 4.69) is 20.6 Å². The predicted octanol–water partition coefficient (Wildman–Crippen LogP) is 3.70. The summed E-state index contributed by atoms with van der Waals surface area (Å²) < 4.78 is 12.5. The van der Waals surface area contributed by atoms with Gasteiger partial charge >= 0.3 is 0 Å². The molecule has 4 rings (SSSR count). The third-order valence-corrected chi connectivity index (χ3v) is 4.43. The van der Waals surface area contributed by atoms with Crippen LogP contribution >= 0.6 is 0 Å². The van der Waals surface area contributed by atoms with Crippen molar-refractivity contribution >= 4 is 11.6 Å². The zero-order valence-corrected chi connectivity index (χ0v) is 16.0. The lowest BCUT2D eigenvalue weighted by molar-refractivity contribution is 0.102. The zero-order valence-electron chi connectivity index (χ0n) is 16.0. The van der Waals surface area contributed by atoms with Crippen molar-refractivity contribution in [3.8, 4) is 11.6 Å². The Kier molecular flexibility index (Phi) is 5.07. The van der Waals surface area contributed by atoms with Crippen molar-refractivity contribution in [1.82, 2.24) is 19.9 Å². The maximum atomic E-state index is 12.5. The van der Waals surface area contributed by atoms with E-state index in [0.717, 1.165) is 17.0 Å². The monoisotopic (exact) mass is 389 g/mol. The molecule has 146 valence electrons. The zero-order chi connectivity index (χ0) is 20.2. The summed E-state index contributed by atoms with van der Waals surface area (Å²) in [4.78, 5) is 16.8. The van der Waals surface area contributed by atoms with Crippen LogP contribution in [0, 0.1) is 13.8 Å². The average Bonchev–Trinajstić information content (AvgIpc) is 3.38. The highest BCUT2D eigenvalue weighted by molar-refractivity contribution is 6.04. The maximum Gasteiger partial charge on any atom is 0.255 e. The van der Waals surface area contributed by atoms with Gasteiger partial charge < -0.3 is 14.6 Å². The molecule has 3 aromatic heterocycles. The number of nitrogens with zero attached hydrogens (tertiary/aromatic N) is 4. The van der Waals surface area contributed by atoms with Crippen LogP contribution in [0.25, 0.3) is 5.82 Å². The summed E-state index contributed by atoms with van der Waals surface area (Å²) in [6.07, 6.45) is 5.07. The Hall–Kier alpha value is -3.94. The number of nitrogens with one attached hydrogen (secondary N) is 1. The molecule has 29 heavy (non-hydrogen) atoms. The van der Waals surface area contributed by atoms with E-state index in [1.165, 1.54) is 0 Å². The van der Waals surface area contributed by atoms with Gasteiger partial charge in [0.25, 0.3) is 5.91 Å². The second-order valence-corrected chi connectivity index (χ2v) is 6.43. The number of aryl methyl sites for hydroxylation is 2. The molecule has 0 radical (unpaired) electrons. The lowest BCUT2D eigenvalue weighted by Gasteiger charge is -2.08. The Bertz CT molecular complexity index is 1080. The molecule has 1 amide bonds. The number of carbonyl (C=O) groups is 1. The molecule has 0 atom stereocenters. The summed E-state index contributed by atoms with van der Waals surface area (Å²) in [5.41, 5.74) is 2.86.